The molecule has 0 bridgehead atoms. The summed E-state index contributed by atoms with van der Waals surface area (Å²) in [5.41, 5.74) is 1.85. The molecule has 2 aromatic carbocycles. The Morgan fingerprint density at radius 2 is 1.78 bits per heavy atom. The van der Waals surface area contributed by atoms with E-state index in [9.17, 15) is 0 Å². The molecule has 0 saturated heterocycles. The van der Waals surface area contributed by atoms with Gasteiger partial charge in [0.05, 0.1) is 0 Å². The van der Waals surface area contributed by atoms with Gasteiger partial charge in [-0.25, -0.2) is 0 Å². The van der Waals surface area contributed by atoms with Crippen molar-refractivity contribution in [2.75, 3.05) is 0 Å². The Balaban J connectivity index is 0.00000120. The molecule has 0 fully saturated rings. The summed E-state index contributed by atoms with van der Waals surface area (Å²) in [5, 5.41) is 2.70. The van der Waals surface area contributed by atoms with Gasteiger partial charge in [-0.3, -0.25) is 4.98 Å². The van der Waals surface area contributed by atoms with E-state index in [1.54, 1.807) is 0 Å². The minimum absolute atomic E-state index is 0. The number of aromatic nitrogens is 1. The number of hydrogen-bond donors (Lipinski definition) is 0. The van der Waals surface area contributed by atoms with Gasteiger partial charge >= 0.3 is 0 Å². The second-order valence-corrected chi connectivity index (χ2v) is 4.18. The fourth-order valence-corrected chi connectivity index (χ4v) is 2.11. The van der Waals surface area contributed by atoms with Crippen molar-refractivity contribution < 1.29 is 21.1 Å². The Morgan fingerprint density at radius 1 is 1.00 bits per heavy atom. The minimum atomic E-state index is 0. The summed E-state index contributed by atoms with van der Waals surface area (Å²) in [4.78, 5) is 4.41. The molecule has 1 aromatic heterocycles. The van der Waals surface area contributed by atoms with E-state index < -0.39 is 0 Å². The fraction of sp³-hybridized carbons (Fsp3) is 0. The number of nitrogens with zero attached hydrogens (tertiary/aromatic N) is 1. The van der Waals surface area contributed by atoms with Gasteiger partial charge in [0, 0.05) is 21.1 Å². The molecule has 1 heterocycles. The molecule has 3 aromatic rings. The van der Waals surface area contributed by atoms with Crippen LogP contribution < -0.4 is 0 Å². The van der Waals surface area contributed by atoms with E-state index in [1.807, 2.05) is 48.5 Å². The summed E-state index contributed by atoms with van der Waals surface area (Å²) in [5.74, 6) is 0. The van der Waals surface area contributed by atoms with Gasteiger partial charge in [0.2, 0.25) is 0 Å². The van der Waals surface area contributed by atoms with Gasteiger partial charge in [0.15, 0.2) is 0 Å². The summed E-state index contributed by atoms with van der Waals surface area (Å²) in [6, 6.07) is 20.9. The first-order valence-corrected chi connectivity index (χ1v) is 5.75. The number of benzene rings is 2. The van der Waals surface area contributed by atoms with Crippen molar-refractivity contribution in [1.82, 2.24) is 4.98 Å². The first-order chi connectivity index (χ1) is 8.34. The van der Waals surface area contributed by atoms with Crippen LogP contribution in [0.1, 0.15) is 0 Å². The van der Waals surface area contributed by atoms with E-state index in [2.05, 4.69) is 17.1 Å². The molecule has 3 rings (SSSR count). The maximum absolute atomic E-state index is 6.05. The molecule has 0 spiro atoms. The molecule has 3 heteroatoms. The van der Waals surface area contributed by atoms with Crippen molar-refractivity contribution in [2.24, 2.45) is 0 Å². The van der Waals surface area contributed by atoms with Crippen LogP contribution in [-0.2, 0) is 21.1 Å². The molecule has 18 heavy (non-hydrogen) atoms. The molecule has 0 aliphatic carbocycles. The minimum Gasteiger partial charge on any atom is -0.285 e. The summed E-state index contributed by atoms with van der Waals surface area (Å²) in [6.45, 7) is 0. The molecule has 0 saturated carbocycles. The molecule has 0 radical (unpaired) electrons. The maximum atomic E-state index is 6.05. The molecule has 1 nitrogen and oxygen atoms in total. The van der Waals surface area contributed by atoms with Crippen molar-refractivity contribution in [3.8, 4) is 11.3 Å². The number of fused-ring (bicyclic) bond motifs is 1. The van der Waals surface area contributed by atoms with Crippen LogP contribution in [0.3, 0.4) is 0 Å². The molecular weight excluding hydrogens is 413 g/mol. The third kappa shape index (κ3) is 2.48. The monoisotopic (exact) mass is 422 g/mol. The third-order valence-electron chi connectivity index (χ3n) is 2.67. The fourth-order valence-electron chi connectivity index (χ4n) is 1.91. The van der Waals surface area contributed by atoms with Crippen molar-refractivity contribution in [1.29, 1.82) is 0 Å². The van der Waals surface area contributed by atoms with Gasteiger partial charge < -0.3 is 0 Å². The zero-order valence-corrected chi connectivity index (χ0v) is 13.1. The topological polar surface area (TPSA) is 12.9 Å². The summed E-state index contributed by atoms with van der Waals surface area (Å²) < 4.78 is 0. The average molecular weight is 423 g/mol. The molecular formula is C15H9ClNW-. The van der Waals surface area contributed by atoms with Crippen LogP contribution in [0.2, 0.25) is 5.15 Å². The number of rotatable bonds is 1. The zero-order chi connectivity index (χ0) is 11.7. The van der Waals surface area contributed by atoms with Gasteiger partial charge in [0.25, 0.3) is 0 Å². The van der Waals surface area contributed by atoms with E-state index in [4.69, 9.17) is 11.6 Å². The first-order valence-electron chi connectivity index (χ1n) is 5.37. The quantitative estimate of drug-likeness (QED) is 0.420. The summed E-state index contributed by atoms with van der Waals surface area (Å²) in [6.07, 6.45) is 0. The van der Waals surface area contributed by atoms with E-state index >= 15 is 0 Å². The maximum Gasteiger partial charge on any atom is 0.119 e. The smallest absolute Gasteiger partial charge is 0.119 e. The van der Waals surface area contributed by atoms with E-state index in [1.165, 1.54) is 0 Å². The number of pyridine rings is 1. The SMILES string of the molecule is Clc1cc2ccccc2c(-c2[c-]cccc2)n1.[W]. The van der Waals surface area contributed by atoms with E-state index in [-0.39, 0.29) is 21.1 Å². The van der Waals surface area contributed by atoms with Crippen molar-refractivity contribution in [3.63, 3.8) is 0 Å². The largest absolute Gasteiger partial charge is 0.285 e. The van der Waals surface area contributed by atoms with Crippen LogP contribution in [0.25, 0.3) is 22.0 Å². The number of hydrogen-bond acceptors (Lipinski definition) is 1. The zero-order valence-electron chi connectivity index (χ0n) is 9.43. The Labute approximate surface area is 125 Å². The molecule has 0 aliphatic heterocycles. The predicted molar refractivity (Wildman–Crippen MR) is 71.0 cm³/mol. The summed E-state index contributed by atoms with van der Waals surface area (Å²) in [7, 11) is 0. The second-order valence-electron chi connectivity index (χ2n) is 3.79. The van der Waals surface area contributed by atoms with Gasteiger partial charge in [-0.05, 0) is 22.5 Å². The molecule has 0 aliphatic rings. The number of halogens is 1. The standard InChI is InChI=1S/C15H9ClN.W/c16-14-10-12-8-4-5-9-13(12)15(17-14)11-6-2-1-3-7-11;/h1-6,8-10H;/q-1;. The molecule has 0 N–H and O–H groups in total. The average Bonchev–Trinajstić information content (AvgIpc) is 2.39. The van der Waals surface area contributed by atoms with Crippen LogP contribution >= 0.6 is 11.6 Å². The second kappa shape index (κ2) is 5.65. The van der Waals surface area contributed by atoms with Gasteiger partial charge in [-0.1, -0.05) is 35.9 Å². The predicted octanol–water partition coefficient (Wildman–Crippen LogP) is 4.35. The van der Waals surface area contributed by atoms with Crippen molar-refractivity contribution >= 4 is 22.4 Å². The van der Waals surface area contributed by atoms with Crippen molar-refractivity contribution in [3.05, 3.63) is 65.8 Å². The molecule has 0 atom stereocenters. The van der Waals surface area contributed by atoms with E-state index in [0.29, 0.717) is 5.15 Å². The Hall–Kier alpha value is -1.17. The third-order valence-corrected chi connectivity index (χ3v) is 2.87. The Bertz CT molecular complexity index is 668. The molecule has 88 valence electrons. The van der Waals surface area contributed by atoms with Gasteiger partial charge in [0.1, 0.15) is 5.15 Å². The van der Waals surface area contributed by atoms with Crippen molar-refractivity contribution in [2.45, 2.75) is 0 Å². The first kappa shape index (κ1) is 13.3. The Kier molecular flexibility index (Phi) is 4.16. The van der Waals surface area contributed by atoms with Crippen LogP contribution in [0.15, 0.2) is 54.6 Å². The van der Waals surface area contributed by atoms with Crippen LogP contribution in [0.4, 0.5) is 0 Å². The molecule has 0 amide bonds. The van der Waals surface area contributed by atoms with Crippen LogP contribution in [-0.4, -0.2) is 4.98 Å². The normalized spacial score (nSPS) is 10.1. The van der Waals surface area contributed by atoms with Crippen LogP contribution in [0, 0.1) is 6.07 Å². The van der Waals surface area contributed by atoms with E-state index in [0.717, 1.165) is 22.0 Å². The summed E-state index contributed by atoms with van der Waals surface area (Å²) >= 11 is 6.05. The molecule has 0 unspecified atom stereocenters. The van der Waals surface area contributed by atoms with Gasteiger partial charge in [-0.15, -0.1) is 35.9 Å². The Morgan fingerprint density at radius 3 is 2.56 bits per heavy atom. The van der Waals surface area contributed by atoms with Crippen LogP contribution in [0.5, 0.6) is 0 Å². The van der Waals surface area contributed by atoms with Gasteiger partial charge in [-0.2, -0.15) is 0 Å².